The first-order valence-electron chi connectivity index (χ1n) is 7.72. The third kappa shape index (κ3) is 2.60. The maximum Gasteiger partial charge on any atom is 0.264 e. The van der Waals surface area contributed by atoms with Gasteiger partial charge in [0.2, 0.25) is 5.91 Å². The predicted octanol–water partition coefficient (Wildman–Crippen LogP) is 2.11. The van der Waals surface area contributed by atoms with Crippen LogP contribution in [-0.4, -0.2) is 29.4 Å². The van der Waals surface area contributed by atoms with E-state index < -0.39 is 6.10 Å². The number of carbonyl (C=O) groups is 2. The summed E-state index contributed by atoms with van der Waals surface area (Å²) >= 11 is 0. The fourth-order valence-corrected chi connectivity index (χ4v) is 3.12. The number of fused-ring (bicyclic) bond motifs is 2. The van der Waals surface area contributed by atoms with E-state index in [1.807, 2.05) is 24.3 Å². The molecule has 0 fully saturated rings. The number of nitrogens with one attached hydrogen (secondary N) is 1. The molecule has 0 aliphatic carbocycles. The Morgan fingerprint density at radius 3 is 2.88 bits per heavy atom. The Bertz CT molecular complexity index is 837. The lowest BCUT2D eigenvalue weighted by Gasteiger charge is -2.22. The molecular weight excluding hydrogens is 311 g/mol. The van der Waals surface area contributed by atoms with Gasteiger partial charge in [-0.2, -0.15) is 0 Å². The number of benzene rings is 2. The number of ether oxygens (including phenoxy) is 1. The summed E-state index contributed by atoms with van der Waals surface area (Å²) < 4.78 is 19.0. The van der Waals surface area contributed by atoms with Gasteiger partial charge in [0.15, 0.2) is 6.10 Å². The SMILES string of the molecule is O=C1CN(C(=O)C2Cc3cc(F)ccc3O2)Cc2ccccc2N1. The second kappa shape index (κ2) is 5.63. The van der Waals surface area contributed by atoms with Crippen LogP contribution in [0.1, 0.15) is 11.1 Å². The van der Waals surface area contributed by atoms with Crippen molar-refractivity contribution in [2.24, 2.45) is 0 Å². The van der Waals surface area contributed by atoms with Crippen LogP contribution in [0.5, 0.6) is 5.75 Å². The largest absolute Gasteiger partial charge is 0.480 e. The summed E-state index contributed by atoms with van der Waals surface area (Å²) in [5.74, 6) is -0.337. The summed E-state index contributed by atoms with van der Waals surface area (Å²) in [5, 5.41) is 2.80. The van der Waals surface area contributed by atoms with Gasteiger partial charge in [0.1, 0.15) is 18.1 Å². The second-order valence-electron chi connectivity index (χ2n) is 5.96. The molecule has 1 atom stereocenters. The van der Waals surface area contributed by atoms with Crippen molar-refractivity contribution < 1.29 is 18.7 Å². The number of para-hydroxylation sites is 1. The zero-order chi connectivity index (χ0) is 16.7. The first kappa shape index (κ1) is 14.7. The molecule has 5 nitrogen and oxygen atoms in total. The number of amides is 2. The Kier molecular flexibility index (Phi) is 3.45. The average molecular weight is 326 g/mol. The van der Waals surface area contributed by atoms with Crippen molar-refractivity contribution in [3.63, 3.8) is 0 Å². The Balaban J connectivity index is 1.56. The number of carbonyl (C=O) groups excluding carboxylic acids is 2. The van der Waals surface area contributed by atoms with E-state index in [1.165, 1.54) is 23.1 Å². The Hall–Kier alpha value is -2.89. The summed E-state index contributed by atoms with van der Waals surface area (Å²) in [7, 11) is 0. The number of rotatable bonds is 1. The minimum atomic E-state index is -0.722. The highest BCUT2D eigenvalue weighted by Gasteiger charge is 2.34. The molecule has 0 saturated heterocycles. The van der Waals surface area contributed by atoms with Crippen LogP contribution in [-0.2, 0) is 22.6 Å². The average Bonchev–Trinajstić information content (AvgIpc) is 2.89. The van der Waals surface area contributed by atoms with Crippen LogP contribution >= 0.6 is 0 Å². The molecule has 0 spiro atoms. The van der Waals surface area contributed by atoms with E-state index in [0.717, 1.165) is 11.3 Å². The van der Waals surface area contributed by atoms with Crippen LogP contribution in [0.15, 0.2) is 42.5 Å². The molecule has 2 aromatic carbocycles. The molecule has 0 radical (unpaired) electrons. The van der Waals surface area contributed by atoms with Crippen LogP contribution in [0.25, 0.3) is 0 Å². The van der Waals surface area contributed by atoms with Gasteiger partial charge in [-0.15, -0.1) is 0 Å². The van der Waals surface area contributed by atoms with E-state index in [4.69, 9.17) is 4.74 Å². The Labute approximate surface area is 138 Å². The molecule has 0 aromatic heterocycles. The standard InChI is InChI=1S/C18H15FN2O3/c19-13-5-6-15-12(7-13)8-16(24-15)18(23)21-9-11-3-1-2-4-14(11)20-17(22)10-21/h1-7,16H,8-10H2,(H,20,22). The normalized spacial score (nSPS) is 19.0. The van der Waals surface area contributed by atoms with Gasteiger partial charge < -0.3 is 15.0 Å². The lowest BCUT2D eigenvalue weighted by atomic mass is 10.1. The summed E-state index contributed by atoms with van der Waals surface area (Å²) in [4.78, 5) is 26.3. The van der Waals surface area contributed by atoms with Crippen molar-refractivity contribution in [1.29, 1.82) is 0 Å². The van der Waals surface area contributed by atoms with Crippen molar-refractivity contribution in [1.82, 2.24) is 4.90 Å². The van der Waals surface area contributed by atoms with E-state index >= 15 is 0 Å². The first-order valence-corrected chi connectivity index (χ1v) is 7.72. The van der Waals surface area contributed by atoms with Crippen LogP contribution in [0.3, 0.4) is 0 Å². The van der Waals surface area contributed by atoms with Gasteiger partial charge in [0, 0.05) is 24.2 Å². The number of hydrogen-bond donors (Lipinski definition) is 1. The minimum Gasteiger partial charge on any atom is -0.480 e. The Morgan fingerprint density at radius 1 is 1.17 bits per heavy atom. The number of nitrogens with zero attached hydrogens (tertiary/aromatic N) is 1. The molecule has 0 saturated carbocycles. The minimum absolute atomic E-state index is 0.0297. The predicted molar refractivity (Wildman–Crippen MR) is 85.0 cm³/mol. The topological polar surface area (TPSA) is 58.6 Å². The maximum absolute atomic E-state index is 13.3. The zero-order valence-electron chi connectivity index (χ0n) is 12.8. The van der Waals surface area contributed by atoms with Crippen LogP contribution in [0, 0.1) is 5.82 Å². The van der Waals surface area contributed by atoms with Crippen molar-refractivity contribution in [3.8, 4) is 5.75 Å². The third-order valence-electron chi connectivity index (χ3n) is 4.27. The molecular formula is C18H15FN2O3. The molecule has 2 aromatic rings. The van der Waals surface area contributed by atoms with Gasteiger partial charge in [-0.05, 0) is 29.8 Å². The van der Waals surface area contributed by atoms with Crippen molar-refractivity contribution in [2.75, 3.05) is 11.9 Å². The molecule has 2 aliphatic rings. The number of hydrogen-bond acceptors (Lipinski definition) is 3. The molecule has 0 bridgehead atoms. The fourth-order valence-electron chi connectivity index (χ4n) is 3.12. The quantitative estimate of drug-likeness (QED) is 0.873. The molecule has 2 aliphatic heterocycles. The van der Waals surface area contributed by atoms with E-state index in [1.54, 1.807) is 0 Å². The van der Waals surface area contributed by atoms with E-state index in [-0.39, 0.29) is 24.2 Å². The molecule has 122 valence electrons. The second-order valence-corrected chi connectivity index (χ2v) is 5.96. The zero-order valence-corrected chi connectivity index (χ0v) is 12.8. The summed E-state index contributed by atoms with van der Waals surface area (Å²) in [6.45, 7) is 0.302. The van der Waals surface area contributed by atoms with Gasteiger partial charge in [-0.25, -0.2) is 4.39 Å². The lowest BCUT2D eigenvalue weighted by molar-refractivity contribution is -0.140. The lowest BCUT2D eigenvalue weighted by Crippen LogP contribution is -2.43. The van der Waals surface area contributed by atoms with Crippen molar-refractivity contribution in [2.45, 2.75) is 19.1 Å². The highest BCUT2D eigenvalue weighted by Crippen LogP contribution is 2.31. The highest BCUT2D eigenvalue weighted by atomic mass is 19.1. The smallest absolute Gasteiger partial charge is 0.264 e. The molecule has 24 heavy (non-hydrogen) atoms. The van der Waals surface area contributed by atoms with Gasteiger partial charge in [0.05, 0.1) is 0 Å². The van der Waals surface area contributed by atoms with E-state index in [9.17, 15) is 14.0 Å². The summed E-state index contributed by atoms with van der Waals surface area (Å²) in [6, 6.07) is 11.6. The molecule has 4 rings (SSSR count). The summed E-state index contributed by atoms with van der Waals surface area (Å²) in [5.41, 5.74) is 2.27. The van der Waals surface area contributed by atoms with Gasteiger partial charge in [-0.1, -0.05) is 18.2 Å². The van der Waals surface area contributed by atoms with Gasteiger partial charge >= 0.3 is 0 Å². The van der Waals surface area contributed by atoms with Crippen molar-refractivity contribution >= 4 is 17.5 Å². The maximum atomic E-state index is 13.3. The molecule has 1 N–H and O–H groups in total. The number of anilines is 1. The molecule has 2 heterocycles. The van der Waals surface area contributed by atoms with Gasteiger partial charge in [0.25, 0.3) is 5.91 Å². The first-order chi connectivity index (χ1) is 11.6. The van der Waals surface area contributed by atoms with E-state index in [0.29, 0.717) is 24.3 Å². The monoisotopic (exact) mass is 326 g/mol. The van der Waals surface area contributed by atoms with Crippen LogP contribution in [0.2, 0.25) is 0 Å². The third-order valence-corrected chi connectivity index (χ3v) is 4.27. The molecule has 6 heteroatoms. The van der Waals surface area contributed by atoms with Crippen LogP contribution in [0.4, 0.5) is 10.1 Å². The molecule has 1 unspecified atom stereocenters. The van der Waals surface area contributed by atoms with Crippen molar-refractivity contribution in [3.05, 3.63) is 59.4 Å². The Morgan fingerprint density at radius 2 is 2.00 bits per heavy atom. The molecule has 2 amide bonds. The highest BCUT2D eigenvalue weighted by molar-refractivity contribution is 5.97. The number of halogens is 1. The van der Waals surface area contributed by atoms with Crippen LogP contribution < -0.4 is 10.1 Å². The fraction of sp³-hybridized carbons (Fsp3) is 0.222. The summed E-state index contributed by atoms with van der Waals surface area (Å²) in [6.07, 6.45) is -0.411. The van der Waals surface area contributed by atoms with E-state index in [2.05, 4.69) is 5.32 Å². The van der Waals surface area contributed by atoms with Gasteiger partial charge in [-0.3, -0.25) is 9.59 Å².